The minimum absolute atomic E-state index is 0.300. The summed E-state index contributed by atoms with van der Waals surface area (Å²) >= 11 is 0. The fourth-order valence-electron chi connectivity index (χ4n) is 2.44. The van der Waals surface area contributed by atoms with E-state index >= 15 is 0 Å². The van der Waals surface area contributed by atoms with Crippen LogP contribution in [0.5, 0.6) is 0 Å². The highest BCUT2D eigenvalue weighted by molar-refractivity contribution is 5.24. The number of nitrogens with one attached hydrogen (secondary N) is 1. The Labute approximate surface area is 96.3 Å². The zero-order valence-corrected chi connectivity index (χ0v) is 10.4. The van der Waals surface area contributed by atoms with Crippen molar-refractivity contribution < 1.29 is 9.26 Å². The van der Waals surface area contributed by atoms with Gasteiger partial charge in [-0.1, -0.05) is 5.16 Å². The van der Waals surface area contributed by atoms with Crippen molar-refractivity contribution in [2.24, 2.45) is 0 Å². The Morgan fingerprint density at radius 2 is 2.12 bits per heavy atom. The maximum absolute atomic E-state index is 5.27. The van der Waals surface area contributed by atoms with Crippen molar-refractivity contribution in [3.63, 3.8) is 0 Å². The summed E-state index contributed by atoms with van der Waals surface area (Å²) in [5, 5.41) is 7.56. The maximum atomic E-state index is 5.27. The molecule has 4 nitrogen and oxygen atoms in total. The molecule has 0 bridgehead atoms. The van der Waals surface area contributed by atoms with Gasteiger partial charge in [-0.2, -0.15) is 0 Å². The number of hydrogen-bond acceptors (Lipinski definition) is 4. The Bertz CT molecular complexity index is 336. The first kappa shape index (κ1) is 11.6. The summed E-state index contributed by atoms with van der Waals surface area (Å²) in [5.74, 6) is 0.917. The van der Waals surface area contributed by atoms with E-state index in [-0.39, 0.29) is 0 Å². The van der Waals surface area contributed by atoms with Gasteiger partial charge >= 0.3 is 0 Å². The van der Waals surface area contributed by atoms with Crippen molar-refractivity contribution in [1.82, 2.24) is 10.5 Å². The van der Waals surface area contributed by atoms with Gasteiger partial charge in [-0.25, -0.2) is 0 Å². The molecule has 90 valence electrons. The highest BCUT2D eigenvalue weighted by Crippen LogP contribution is 2.27. The van der Waals surface area contributed by atoms with Gasteiger partial charge in [-0.15, -0.1) is 0 Å². The van der Waals surface area contributed by atoms with Gasteiger partial charge in [0.2, 0.25) is 0 Å². The monoisotopic (exact) mass is 224 g/mol. The molecule has 1 fully saturated rings. The zero-order chi connectivity index (χ0) is 11.7. The Balaban J connectivity index is 1.92. The van der Waals surface area contributed by atoms with E-state index in [2.05, 4.69) is 17.4 Å². The van der Waals surface area contributed by atoms with E-state index in [1.54, 1.807) is 7.11 Å². The van der Waals surface area contributed by atoms with Gasteiger partial charge in [-0.3, -0.25) is 0 Å². The van der Waals surface area contributed by atoms with E-state index in [0.717, 1.165) is 24.3 Å². The van der Waals surface area contributed by atoms with Gasteiger partial charge < -0.3 is 14.6 Å². The average molecular weight is 224 g/mol. The van der Waals surface area contributed by atoms with Crippen LogP contribution in [0.4, 0.5) is 0 Å². The SMILES string of the molecule is COC1CC(NC(C)c2c(C)noc2C)C1. The normalized spacial score (nSPS) is 26.5. The summed E-state index contributed by atoms with van der Waals surface area (Å²) in [6, 6.07) is 0.864. The van der Waals surface area contributed by atoms with Gasteiger partial charge in [0.1, 0.15) is 5.76 Å². The summed E-state index contributed by atoms with van der Waals surface area (Å²) in [4.78, 5) is 0. The fourth-order valence-corrected chi connectivity index (χ4v) is 2.44. The van der Waals surface area contributed by atoms with Crippen LogP contribution >= 0.6 is 0 Å². The Morgan fingerprint density at radius 1 is 1.44 bits per heavy atom. The van der Waals surface area contributed by atoms with Crippen molar-refractivity contribution in [3.05, 3.63) is 17.0 Å². The standard InChI is InChI=1S/C12H20N2O2/c1-7(12-8(2)14-16-9(12)3)13-10-5-11(6-10)15-4/h7,10-11,13H,5-6H2,1-4H3. The van der Waals surface area contributed by atoms with Crippen molar-refractivity contribution in [2.75, 3.05) is 7.11 Å². The predicted molar refractivity (Wildman–Crippen MR) is 61.3 cm³/mol. The molecule has 0 amide bonds. The molecule has 1 aromatic rings. The van der Waals surface area contributed by atoms with Crippen LogP contribution in [0.25, 0.3) is 0 Å². The van der Waals surface area contributed by atoms with Crippen LogP contribution in [0, 0.1) is 13.8 Å². The molecule has 1 atom stereocenters. The third-order valence-corrected chi connectivity index (χ3v) is 3.44. The summed E-state index contributed by atoms with van der Waals surface area (Å²) in [6.07, 6.45) is 2.64. The van der Waals surface area contributed by atoms with Gasteiger partial charge in [0.15, 0.2) is 0 Å². The molecule has 1 unspecified atom stereocenters. The smallest absolute Gasteiger partial charge is 0.138 e. The van der Waals surface area contributed by atoms with Gasteiger partial charge in [0.25, 0.3) is 0 Å². The molecule has 2 rings (SSSR count). The van der Waals surface area contributed by atoms with Crippen LogP contribution < -0.4 is 5.32 Å². The summed E-state index contributed by atoms with van der Waals surface area (Å²) in [7, 11) is 1.78. The number of aromatic nitrogens is 1. The summed E-state index contributed by atoms with van der Waals surface area (Å²) in [6.45, 7) is 6.11. The van der Waals surface area contributed by atoms with Crippen LogP contribution in [0.3, 0.4) is 0 Å². The third-order valence-electron chi connectivity index (χ3n) is 3.44. The van der Waals surface area contributed by atoms with Gasteiger partial charge in [-0.05, 0) is 33.6 Å². The first-order valence-electron chi connectivity index (χ1n) is 5.83. The number of hydrogen-bond donors (Lipinski definition) is 1. The number of methoxy groups -OCH3 is 1. The molecule has 0 aliphatic heterocycles. The van der Waals surface area contributed by atoms with Crippen molar-refractivity contribution >= 4 is 0 Å². The Kier molecular flexibility index (Phi) is 3.30. The lowest BCUT2D eigenvalue weighted by atomic mass is 9.88. The van der Waals surface area contributed by atoms with E-state index in [4.69, 9.17) is 9.26 Å². The molecule has 0 radical (unpaired) electrons. The lowest BCUT2D eigenvalue weighted by molar-refractivity contribution is 0.0147. The van der Waals surface area contributed by atoms with E-state index in [1.807, 2.05) is 13.8 Å². The molecule has 4 heteroatoms. The molecule has 1 N–H and O–H groups in total. The lowest BCUT2D eigenvalue weighted by Crippen LogP contribution is -2.45. The van der Waals surface area contributed by atoms with E-state index in [9.17, 15) is 0 Å². The number of aryl methyl sites for hydroxylation is 2. The van der Waals surface area contributed by atoms with E-state index in [1.165, 1.54) is 5.56 Å². The zero-order valence-electron chi connectivity index (χ0n) is 10.4. The van der Waals surface area contributed by atoms with Crippen molar-refractivity contribution in [2.45, 2.75) is 51.8 Å². The molecule has 1 saturated carbocycles. The second-order valence-electron chi connectivity index (χ2n) is 4.65. The molecule has 1 aromatic heterocycles. The Hall–Kier alpha value is -0.870. The van der Waals surface area contributed by atoms with E-state index in [0.29, 0.717) is 18.2 Å². The minimum Gasteiger partial charge on any atom is -0.381 e. The summed E-state index contributed by atoms with van der Waals surface area (Å²) < 4.78 is 10.4. The molecule has 0 aromatic carbocycles. The number of nitrogens with zero attached hydrogens (tertiary/aromatic N) is 1. The Morgan fingerprint density at radius 3 is 2.62 bits per heavy atom. The van der Waals surface area contributed by atoms with Crippen LogP contribution in [-0.2, 0) is 4.74 Å². The highest BCUT2D eigenvalue weighted by atomic mass is 16.5. The first-order valence-corrected chi connectivity index (χ1v) is 5.83. The van der Waals surface area contributed by atoms with Crippen LogP contribution in [0.1, 0.15) is 42.8 Å². The fraction of sp³-hybridized carbons (Fsp3) is 0.750. The van der Waals surface area contributed by atoms with Gasteiger partial charge in [0.05, 0.1) is 11.8 Å². The first-order chi connectivity index (χ1) is 7.61. The average Bonchev–Trinajstić information content (AvgIpc) is 2.51. The minimum atomic E-state index is 0.300. The van der Waals surface area contributed by atoms with Crippen molar-refractivity contribution in [1.29, 1.82) is 0 Å². The maximum Gasteiger partial charge on any atom is 0.138 e. The summed E-state index contributed by atoms with van der Waals surface area (Å²) in [5.41, 5.74) is 2.18. The van der Waals surface area contributed by atoms with Crippen LogP contribution in [-0.4, -0.2) is 24.4 Å². The molecule has 0 spiro atoms. The topological polar surface area (TPSA) is 47.3 Å². The largest absolute Gasteiger partial charge is 0.381 e. The second-order valence-corrected chi connectivity index (χ2v) is 4.65. The molecular formula is C12H20N2O2. The molecule has 1 heterocycles. The lowest BCUT2D eigenvalue weighted by Gasteiger charge is -2.36. The number of rotatable bonds is 4. The van der Waals surface area contributed by atoms with Crippen LogP contribution in [0.15, 0.2) is 4.52 Å². The van der Waals surface area contributed by atoms with E-state index < -0.39 is 0 Å². The van der Waals surface area contributed by atoms with Crippen LogP contribution in [0.2, 0.25) is 0 Å². The molecular weight excluding hydrogens is 204 g/mol. The van der Waals surface area contributed by atoms with Gasteiger partial charge in [0, 0.05) is 24.8 Å². The predicted octanol–water partition coefficient (Wildman–Crippen LogP) is 2.12. The molecule has 16 heavy (non-hydrogen) atoms. The number of ether oxygens (including phenoxy) is 1. The third kappa shape index (κ3) is 2.13. The molecule has 1 aliphatic carbocycles. The highest BCUT2D eigenvalue weighted by Gasteiger charge is 2.30. The van der Waals surface area contributed by atoms with Crippen molar-refractivity contribution in [3.8, 4) is 0 Å². The second kappa shape index (κ2) is 4.55. The molecule has 1 aliphatic rings. The quantitative estimate of drug-likeness (QED) is 0.851. The molecule has 0 saturated heterocycles.